The van der Waals surface area contributed by atoms with Crippen LogP contribution in [0, 0.1) is 31.9 Å². The Morgan fingerprint density at radius 1 is 1.10 bits per heavy atom. The quantitative estimate of drug-likeness (QED) is 0.526. The predicted octanol–water partition coefficient (Wildman–Crippen LogP) is 2.43. The highest BCUT2D eigenvalue weighted by Gasteiger charge is 2.25. The molecule has 2 rings (SSSR count). The number of anilines is 1. The van der Waals surface area contributed by atoms with Crippen molar-refractivity contribution >= 4 is 17.1 Å². The van der Waals surface area contributed by atoms with Crippen LogP contribution in [0.5, 0.6) is 0 Å². The predicted molar refractivity (Wildman–Crippen MR) is 67.3 cm³/mol. The summed E-state index contributed by atoms with van der Waals surface area (Å²) in [5.41, 5.74) is 2.75. The Hall–Kier alpha value is -3.17. The number of nitro benzene ring substituents is 2. The van der Waals surface area contributed by atoms with E-state index in [2.05, 4.69) is 4.98 Å². The van der Waals surface area contributed by atoms with Crippen LogP contribution in [-0.2, 0) is 0 Å². The average molecular weight is 296 g/mol. The van der Waals surface area contributed by atoms with Gasteiger partial charge in [0.2, 0.25) is 0 Å². The Labute approximate surface area is 115 Å². The summed E-state index contributed by atoms with van der Waals surface area (Å²) in [6, 6.07) is 1.98. The van der Waals surface area contributed by atoms with Gasteiger partial charge in [0.1, 0.15) is 17.2 Å². The first-order chi connectivity index (χ1) is 9.81. The second kappa shape index (κ2) is 5.07. The van der Waals surface area contributed by atoms with Gasteiger partial charge in [-0.3, -0.25) is 25.2 Å². The second-order valence-corrected chi connectivity index (χ2v) is 3.92. The first kappa shape index (κ1) is 14.2. The monoisotopic (exact) mass is 296 g/mol. The number of nitrogens with two attached hydrogens (primary N) is 1. The summed E-state index contributed by atoms with van der Waals surface area (Å²) in [4.78, 5) is 23.2. The van der Waals surface area contributed by atoms with Gasteiger partial charge in [0.05, 0.1) is 22.1 Å². The zero-order valence-electron chi connectivity index (χ0n) is 10.1. The number of aromatic nitrogens is 1. The topological polar surface area (TPSA) is 125 Å². The maximum absolute atomic E-state index is 13.7. The van der Waals surface area contributed by atoms with E-state index in [4.69, 9.17) is 5.73 Å². The number of halogens is 2. The minimum atomic E-state index is -1.14. The molecule has 2 aromatic rings. The molecule has 1 heterocycles. The van der Waals surface area contributed by atoms with Crippen LogP contribution >= 0.6 is 0 Å². The molecule has 0 aliphatic heterocycles. The van der Waals surface area contributed by atoms with E-state index in [-0.39, 0.29) is 5.56 Å². The molecule has 0 spiro atoms. The summed E-state index contributed by atoms with van der Waals surface area (Å²) in [5.74, 6) is -2.11. The van der Waals surface area contributed by atoms with Gasteiger partial charge in [0.25, 0.3) is 11.4 Å². The zero-order valence-corrected chi connectivity index (χ0v) is 10.1. The maximum atomic E-state index is 13.7. The zero-order chi connectivity index (χ0) is 15.7. The van der Waals surface area contributed by atoms with Crippen LogP contribution in [-0.4, -0.2) is 14.8 Å². The van der Waals surface area contributed by atoms with Crippen LogP contribution in [0.3, 0.4) is 0 Å². The summed E-state index contributed by atoms with van der Waals surface area (Å²) in [6.45, 7) is 0. The van der Waals surface area contributed by atoms with E-state index in [1.165, 1.54) is 0 Å². The van der Waals surface area contributed by atoms with Gasteiger partial charge in [0, 0.05) is 17.7 Å². The normalized spacial score (nSPS) is 10.4. The van der Waals surface area contributed by atoms with Gasteiger partial charge in [-0.05, 0) is 0 Å². The minimum absolute atomic E-state index is 0.353. The Morgan fingerprint density at radius 2 is 1.76 bits per heavy atom. The van der Waals surface area contributed by atoms with Crippen molar-refractivity contribution in [3.05, 3.63) is 56.3 Å². The van der Waals surface area contributed by atoms with E-state index in [0.717, 1.165) is 6.07 Å². The number of benzene rings is 1. The van der Waals surface area contributed by atoms with Crippen LogP contribution in [0.1, 0.15) is 0 Å². The average Bonchev–Trinajstić information content (AvgIpc) is 2.39. The van der Waals surface area contributed by atoms with Crippen molar-refractivity contribution in [1.29, 1.82) is 0 Å². The Morgan fingerprint density at radius 3 is 2.29 bits per heavy atom. The van der Waals surface area contributed by atoms with Gasteiger partial charge in [-0.1, -0.05) is 0 Å². The van der Waals surface area contributed by atoms with Gasteiger partial charge >= 0.3 is 0 Å². The third-order valence-corrected chi connectivity index (χ3v) is 2.61. The molecule has 8 nitrogen and oxygen atoms in total. The lowest BCUT2D eigenvalue weighted by molar-refractivity contribution is -0.393. The molecule has 0 aliphatic rings. The molecule has 0 saturated heterocycles. The highest BCUT2D eigenvalue weighted by molar-refractivity contribution is 5.83. The molecule has 0 bridgehead atoms. The van der Waals surface area contributed by atoms with Crippen molar-refractivity contribution in [2.75, 3.05) is 5.73 Å². The minimum Gasteiger partial charge on any atom is -0.393 e. The SMILES string of the molecule is Nc1c(-c2ncc(F)cc2F)cc([N+](=O)[O-])cc1[N+](=O)[O-]. The van der Waals surface area contributed by atoms with E-state index in [1.54, 1.807) is 0 Å². The van der Waals surface area contributed by atoms with Crippen LogP contribution in [0.2, 0.25) is 0 Å². The molecule has 0 aliphatic carbocycles. The number of nitrogen functional groups attached to an aromatic ring is 1. The summed E-state index contributed by atoms with van der Waals surface area (Å²) in [7, 11) is 0. The molecule has 0 unspecified atom stereocenters. The number of hydrogen-bond acceptors (Lipinski definition) is 6. The molecule has 21 heavy (non-hydrogen) atoms. The number of rotatable bonds is 3. The maximum Gasteiger partial charge on any atom is 0.299 e. The van der Waals surface area contributed by atoms with Crippen molar-refractivity contribution in [2.24, 2.45) is 0 Å². The van der Waals surface area contributed by atoms with Gasteiger partial charge < -0.3 is 5.73 Å². The van der Waals surface area contributed by atoms with Gasteiger partial charge in [-0.15, -0.1) is 0 Å². The summed E-state index contributed by atoms with van der Waals surface area (Å²) >= 11 is 0. The third-order valence-electron chi connectivity index (χ3n) is 2.61. The highest BCUT2D eigenvalue weighted by Crippen LogP contribution is 2.37. The molecule has 1 aromatic carbocycles. The number of non-ortho nitro benzene ring substituents is 1. The number of nitro groups is 2. The van der Waals surface area contributed by atoms with E-state index < -0.39 is 44.2 Å². The van der Waals surface area contributed by atoms with E-state index in [1.807, 2.05) is 0 Å². The lowest BCUT2D eigenvalue weighted by Gasteiger charge is -2.07. The fraction of sp³-hybridized carbons (Fsp3) is 0. The molecule has 0 amide bonds. The number of hydrogen-bond donors (Lipinski definition) is 1. The summed E-state index contributed by atoms with van der Waals surface area (Å²) in [5, 5.41) is 21.6. The van der Waals surface area contributed by atoms with Crippen LogP contribution in [0.25, 0.3) is 11.3 Å². The Kier molecular flexibility index (Phi) is 3.44. The standard InChI is InChI=1S/C11H6F2N4O4/c12-5-1-8(13)11(15-4-5)7-2-6(16(18)19)3-9(10(7)14)17(20)21/h1-4H,14H2. The van der Waals surface area contributed by atoms with Gasteiger partial charge in [0.15, 0.2) is 5.82 Å². The molecule has 1 aromatic heterocycles. The molecular formula is C11H6F2N4O4. The molecule has 0 fully saturated rings. The Balaban J connectivity index is 2.78. The number of pyridine rings is 1. The summed E-state index contributed by atoms with van der Waals surface area (Å²) < 4.78 is 26.5. The third kappa shape index (κ3) is 2.59. The lowest BCUT2D eigenvalue weighted by Crippen LogP contribution is -2.02. The smallest absolute Gasteiger partial charge is 0.299 e. The molecule has 108 valence electrons. The second-order valence-electron chi connectivity index (χ2n) is 3.92. The fourth-order valence-electron chi connectivity index (χ4n) is 1.69. The molecule has 2 N–H and O–H groups in total. The van der Waals surface area contributed by atoms with Crippen molar-refractivity contribution in [3.63, 3.8) is 0 Å². The molecular weight excluding hydrogens is 290 g/mol. The van der Waals surface area contributed by atoms with Crippen molar-refractivity contribution in [2.45, 2.75) is 0 Å². The number of nitrogens with zero attached hydrogens (tertiary/aromatic N) is 3. The van der Waals surface area contributed by atoms with Crippen molar-refractivity contribution in [3.8, 4) is 11.3 Å². The lowest BCUT2D eigenvalue weighted by atomic mass is 10.1. The van der Waals surface area contributed by atoms with Crippen LogP contribution in [0.15, 0.2) is 24.4 Å². The fourth-order valence-corrected chi connectivity index (χ4v) is 1.69. The van der Waals surface area contributed by atoms with E-state index in [9.17, 15) is 29.0 Å². The van der Waals surface area contributed by atoms with Crippen molar-refractivity contribution < 1.29 is 18.6 Å². The van der Waals surface area contributed by atoms with Gasteiger partial charge in [-0.25, -0.2) is 8.78 Å². The molecule has 0 saturated carbocycles. The summed E-state index contributed by atoms with van der Waals surface area (Å²) in [6.07, 6.45) is 0.669. The van der Waals surface area contributed by atoms with Gasteiger partial charge in [-0.2, -0.15) is 0 Å². The largest absolute Gasteiger partial charge is 0.393 e. The van der Waals surface area contributed by atoms with E-state index >= 15 is 0 Å². The molecule has 0 radical (unpaired) electrons. The van der Waals surface area contributed by atoms with Crippen molar-refractivity contribution in [1.82, 2.24) is 4.98 Å². The molecule has 0 atom stereocenters. The first-order valence-electron chi connectivity index (χ1n) is 5.35. The van der Waals surface area contributed by atoms with Crippen LogP contribution in [0.4, 0.5) is 25.8 Å². The van der Waals surface area contributed by atoms with Crippen LogP contribution < -0.4 is 5.73 Å². The Bertz CT molecular complexity index is 766. The highest BCUT2D eigenvalue weighted by atomic mass is 19.1. The molecule has 10 heteroatoms. The van der Waals surface area contributed by atoms with E-state index in [0.29, 0.717) is 18.3 Å². The first-order valence-corrected chi connectivity index (χ1v) is 5.35.